The quantitative estimate of drug-likeness (QED) is 0.807. The van der Waals surface area contributed by atoms with E-state index < -0.39 is 5.97 Å². The zero-order valence-corrected chi connectivity index (χ0v) is 9.21. The molecule has 0 fully saturated rings. The van der Waals surface area contributed by atoms with Crippen molar-refractivity contribution in [2.75, 3.05) is 6.54 Å². The van der Waals surface area contributed by atoms with Gasteiger partial charge in [-0.05, 0) is 12.1 Å². The molecule has 2 rings (SSSR count). The van der Waals surface area contributed by atoms with Gasteiger partial charge in [0.05, 0.1) is 18.4 Å². The molecule has 0 saturated heterocycles. The van der Waals surface area contributed by atoms with Crippen molar-refractivity contribution in [1.82, 2.24) is 15.1 Å². The molecule has 0 aliphatic rings. The molecular formula is C12H13N3O2. The lowest BCUT2D eigenvalue weighted by Crippen LogP contribution is -2.21. The van der Waals surface area contributed by atoms with E-state index in [0.717, 1.165) is 11.3 Å². The first-order valence-electron chi connectivity index (χ1n) is 5.27. The lowest BCUT2D eigenvalue weighted by molar-refractivity contribution is -0.135. The van der Waals surface area contributed by atoms with E-state index in [4.69, 9.17) is 5.11 Å². The molecule has 0 saturated carbocycles. The van der Waals surface area contributed by atoms with E-state index in [1.165, 1.54) is 0 Å². The molecule has 0 amide bonds. The highest BCUT2D eigenvalue weighted by atomic mass is 16.4. The van der Waals surface area contributed by atoms with Gasteiger partial charge >= 0.3 is 5.97 Å². The highest BCUT2D eigenvalue weighted by molar-refractivity contribution is 5.68. The largest absolute Gasteiger partial charge is 0.480 e. The average Bonchev–Trinajstić information content (AvgIpc) is 2.78. The summed E-state index contributed by atoms with van der Waals surface area (Å²) in [7, 11) is 0. The van der Waals surface area contributed by atoms with Crippen molar-refractivity contribution in [2.24, 2.45) is 0 Å². The number of hydrogen-bond acceptors (Lipinski definition) is 3. The zero-order valence-electron chi connectivity index (χ0n) is 9.21. The SMILES string of the molecule is O=C(O)CNCc1cnn(-c2ccccc2)c1. The van der Waals surface area contributed by atoms with Crippen molar-refractivity contribution in [1.29, 1.82) is 0 Å². The molecule has 88 valence electrons. The van der Waals surface area contributed by atoms with E-state index in [0.29, 0.717) is 6.54 Å². The molecule has 0 bridgehead atoms. The first-order chi connectivity index (χ1) is 8.25. The highest BCUT2D eigenvalue weighted by Gasteiger charge is 2.01. The normalized spacial score (nSPS) is 10.4. The number of carbonyl (C=O) groups is 1. The number of nitrogens with zero attached hydrogens (tertiary/aromatic N) is 2. The summed E-state index contributed by atoms with van der Waals surface area (Å²) in [5.74, 6) is -0.861. The molecule has 17 heavy (non-hydrogen) atoms. The molecule has 5 heteroatoms. The third-order valence-electron chi connectivity index (χ3n) is 2.26. The van der Waals surface area contributed by atoms with E-state index in [1.54, 1.807) is 10.9 Å². The Morgan fingerprint density at radius 3 is 2.82 bits per heavy atom. The maximum Gasteiger partial charge on any atom is 0.317 e. The van der Waals surface area contributed by atoms with Crippen LogP contribution in [0.1, 0.15) is 5.56 Å². The number of carboxylic acid groups (broad SMARTS) is 1. The summed E-state index contributed by atoms with van der Waals surface area (Å²) in [5, 5.41) is 15.5. The Morgan fingerprint density at radius 2 is 2.12 bits per heavy atom. The summed E-state index contributed by atoms with van der Waals surface area (Å²) >= 11 is 0. The Balaban J connectivity index is 1.99. The minimum Gasteiger partial charge on any atom is -0.480 e. The van der Waals surface area contributed by atoms with Crippen LogP contribution in [0.25, 0.3) is 5.69 Å². The van der Waals surface area contributed by atoms with Crippen LogP contribution in [0.5, 0.6) is 0 Å². The van der Waals surface area contributed by atoms with Crippen molar-refractivity contribution in [2.45, 2.75) is 6.54 Å². The lowest BCUT2D eigenvalue weighted by Gasteiger charge is -1.99. The number of benzene rings is 1. The summed E-state index contributed by atoms with van der Waals surface area (Å²) in [4.78, 5) is 10.3. The molecule has 2 N–H and O–H groups in total. The fraction of sp³-hybridized carbons (Fsp3) is 0.167. The van der Waals surface area contributed by atoms with Gasteiger partial charge < -0.3 is 10.4 Å². The zero-order chi connectivity index (χ0) is 12.1. The van der Waals surface area contributed by atoms with Crippen LogP contribution in [-0.2, 0) is 11.3 Å². The molecule has 0 radical (unpaired) electrons. The first-order valence-corrected chi connectivity index (χ1v) is 5.27. The van der Waals surface area contributed by atoms with Crippen LogP contribution < -0.4 is 5.32 Å². The van der Waals surface area contributed by atoms with E-state index >= 15 is 0 Å². The van der Waals surface area contributed by atoms with Crippen LogP contribution >= 0.6 is 0 Å². The standard InChI is InChI=1S/C12H13N3O2/c16-12(17)8-13-6-10-7-14-15(9-10)11-4-2-1-3-5-11/h1-5,7,9,13H,6,8H2,(H,16,17). The molecule has 0 aliphatic carbocycles. The molecular weight excluding hydrogens is 218 g/mol. The van der Waals surface area contributed by atoms with Crippen LogP contribution in [0.3, 0.4) is 0 Å². The van der Waals surface area contributed by atoms with Crippen LogP contribution in [0.2, 0.25) is 0 Å². The van der Waals surface area contributed by atoms with Crippen LogP contribution in [0.4, 0.5) is 0 Å². The Hall–Kier alpha value is -2.14. The molecule has 2 aromatic rings. The van der Waals surface area contributed by atoms with Gasteiger partial charge in [-0.15, -0.1) is 0 Å². The van der Waals surface area contributed by atoms with E-state index in [2.05, 4.69) is 10.4 Å². The third kappa shape index (κ3) is 3.15. The second kappa shape index (κ2) is 5.27. The summed E-state index contributed by atoms with van der Waals surface area (Å²) < 4.78 is 1.76. The van der Waals surface area contributed by atoms with Crippen molar-refractivity contribution >= 4 is 5.97 Å². The van der Waals surface area contributed by atoms with Gasteiger partial charge in [0.25, 0.3) is 0 Å². The van der Waals surface area contributed by atoms with Crippen molar-refractivity contribution in [3.8, 4) is 5.69 Å². The summed E-state index contributed by atoms with van der Waals surface area (Å²) in [5.41, 5.74) is 1.94. The topological polar surface area (TPSA) is 67.2 Å². The van der Waals surface area contributed by atoms with Gasteiger partial charge in [0.15, 0.2) is 0 Å². The number of rotatable bonds is 5. The van der Waals surface area contributed by atoms with Crippen molar-refractivity contribution in [3.05, 3.63) is 48.3 Å². The van der Waals surface area contributed by atoms with Gasteiger partial charge in [-0.25, -0.2) is 4.68 Å². The van der Waals surface area contributed by atoms with E-state index in [9.17, 15) is 4.79 Å². The van der Waals surface area contributed by atoms with E-state index in [1.807, 2.05) is 36.5 Å². The molecule has 1 aromatic heterocycles. The Bertz CT molecular complexity index is 493. The number of hydrogen-bond donors (Lipinski definition) is 2. The average molecular weight is 231 g/mol. The number of para-hydroxylation sites is 1. The summed E-state index contributed by atoms with van der Waals surface area (Å²) in [6.45, 7) is 0.454. The smallest absolute Gasteiger partial charge is 0.317 e. The van der Waals surface area contributed by atoms with Gasteiger partial charge in [-0.1, -0.05) is 18.2 Å². The van der Waals surface area contributed by atoms with Gasteiger partial charge in [-0.2, -0.15) is 5.10 Å². The number of aromatic nitrogens is 2. The van der Waals surface area contributed by atoms with Crippen molar-refractivity contribution in [3.63, 3.8) is 0 Å². The maximum atomic E-state index is 10.3. The second-order valence-corrected chi connectivity index (χ2v) is 3.63. The Labute approximate surface area is 98.7 Å². The summed E-state index contributed by atoms with van der Waals surface area (Å²) in [6.07, 6.45) is 3.60. The predicted octanol–water partition coefficient (Wildman–Crippen LogP) is 1.05. The van der Waals surface area contributed by atoms with Gasteiger partial charge in [0, 0.05) is 18.3 Å². The number of nitrogens with one attached hydrogen (secondary N) is 1. The maximum absolute atomic E-state index is 10.3. The molecule has 0 atom stereocenters. The van der Waals surface area contributed by atoms with Crippen molar-refractivity contribution < 1.29 is 9.90 Å². The molecule has 0 unspecified atom stereocenters. The first kappa shape index (κ1) is 11.3. The Morgan fingerprint density at radius 1 is 1.35 bits per heavy atom. The Kier molecular flexibility index (Phi) is 3.52. The number of carboxylic acids is 1. The minimum atomic E-state index is -0.861. The number of aliphatic carboxylic acids is 1. The molecule has 0 aliphatic heterocycles. The van der Waals surface area contributed by atoms with Crippen LogP contribution in [0.15, 0.2) is 42.7 Å². The fourth-order valence-corrected chi connectivity index (χ4v) is 1.49. The molecule has 0 spiro atoms. The van der Waals surface area contributed by atoms with E-state index in [-0.39, 0.29) is 6.54 Å². The van der Waals surface area contributed by atoms with Crippen LogP contribution in [-0.4, -0.2) is 27.4 Å². The molecule has 5 nitrogen and oxygen atoms in total. The predicted molar refractivity (Wildman–Crippen MR) is 62.9 cm³/mol. The molecule has 1 heterocycles. The third-order valence-corrected chi connectivity index (χ3v) is 2.26. The monoisotopic (exact) mass is 231 g/mol. The summed E-state index contributed by atoms with van der Waals surface area (Å²) in [6, 6.07) is 9.75. The van der Waals surface area contributed by atoms with Gasteiger partial charge in [0.1, 0.15) is 0 Å². The minimum absolute atomic E-state index is 0.0451. The van der Waals surface area contributed by atoms with Gasteiger partial charge in [0.2, 0.25) is 0 Å². The fourth-order valence-electron chi connectivity index (χ4n) is 1.49. The molecule has 1 aromatic carbocycles. The van der Waals surface area contributed by atoms with Gasteiger partial charge in [-0.3, -0.25) is 4.79 Å². The highest BCUT2D eigenvalue weighted by Crippen LogP contribution is 2.07. The van der Waals surface area contributed by atoms with Crippen LogP contribution in [0, 0.1) is 0 Å². The lowest BCUT2D eigenvalue weighted by atomic mass is 10.3. The second-order valence-electron chi connectivity index (χ2n) is 3.63.